The van der Waals surface area contributed by atoms with E-state index in [1.165, 1.54) is 51.4 Å². The molecule has 0 aromatic rings. The Balaban J connectivity index is 1.47. The number of carbonyl (C=O) groups is 1. The summed E-state index contributed by atoms with van der Waals surface area (Å²) in [7, 11) is 2.06. The van der Waals surface area contributed by atoms with Gasteiger partial charge in [-0.2, -0.15) is 0 Å². The Kier molecular flexibility index (Phi) is 3.48. The molecule has 0 bridgehead atoms. The molecule has 140 valence electrons. The highest BCUT2D eigenvalue weighted by Gasteiger charge is 2.66. The average Bonchev–Trinajstić information content (AvgIpc) is 3.18. The molecule has 0 radical (unpaired) electrons. The molecular weight excluding hydrogens is 310 g/mol. The minimum atomic E-state index is 0.208. The SMILES string of the molecule is CN1C(=O)CC[C@@]2(C)C1CC[C@@H]1[C@@H]2CC[C@@]2(C)[C@H]1CC[C@@]21CCCO1. The van der Waals surface area contributed by atoms with E-state index in [9.17, 15) is 4.79 Å². The molecule has 1 amide bonds. The first-order chi connectivity index (χ1) is 11.9. The van der Waals surface area contributed by atoms with Crippen LogP contribution in [-0.4, -0.2) is 36.1 Å². The number of piperidine rings is 1. The lowest BCUT2D eigenvalue weighted by Gasteiger charge is -2.62. The van der Waals surface area contributed by atoms with Crippen LogP contribution < -0.4 is 0 Å². The van der Waals surface area contributed by atoms with Crippen molar-refractivity contribution in [2.45, 2.75) is 89.7 Å². The van der Waals surface area contributed by atoms with E-state index in [-0.39, 0.29) is 5.60 Å². The molecule has 3 nitrogen and oxygen atoms in total. The van der Waals surface area contributed by atoms with E-state index >= 15 is 0 Å². The quantitative estimate of drug-likeness (QED) is 0.651. The number of nitrogens with zero attached hydrogens (tertiary/aromatic N) is 1. The van der Waals surface area contributed by atoms with Gasteiger partial charge >= 0.3 is 0 Å². The van der Waals surface area contributed by atoms with Gasteiger partial charge in [-0.05, 0) is 86.4 Å². The van der Waals surface area contributed by atoms with Gasteiger partial charge in [0.1, 0.15) is 0 Å². The van der Waals surface area contributed by atoms with E-state index in [0.717, 1.165) is 37.2 Å². The molecule has 7 atom stereocenters. The van der Waals surface area contributed by atoms with Crippen molar-refractivity contribution in [3.63, 3.8) is 0 Å². The Morgan fingerprint density at radius 1 is 1.00 bits per heavy atom. The molecule has 0 aromatic heterocycles. The Labute approximate surface area is 152 Å². The lowest BCUT2D eigenvalue weighted by atomic mass is 9.46. The van der Waals surface area contributed by atoms with Crippen molar-refractivity contribution < 1.29 is 9.53 Å². The normalized spacial score (nSPS) is 55.2. The van der Waals surface area contributed by atoms with Gasteiger partial charge in [0.05, 0.1) is 5.60 Å². The summed E-state index contributed by atoms with van der Waals surface area (Å²) in [5, 5.41) is 0. The molecule has 25 heavy (non-hydrogen) atoms. The van der Waals surface area contributed by atoms with Crippen molar-refractivity contribution in [2.24, 2.45) is 28.6 Å². The van der Waals surface area contributed by atoms with Gasteiger partial charge in [0.2, 0.25) is 5.91 Å². The number of ether oxygens (including phenoxy) is 1. The first-order valence-corrected chi connectivity index (χ1v) is 10.8. The second kappa shape index (κ2) is 5.24. The highest BCUT2D eigenvalue weighted by molar-refractivity contribution is 5.77. The summed E-state index contributed by atoms with van der Waals surface area (Å²) in [4.78, 5) is 14.4. The van der Waals surface area contributed by atoms with Gasteiger partial charge < -0.3 is 9.64 Å². The van der Waals surface area contributed by atoms with Gasteiger partial charge in [0, 0.05) is 26.1 Å². The fourth-order valence-corrected chi connectivity index (χ4v) is 8.59. The van der Waals surface area contributed by atoms with Crippen LogP contribution in [0.4, 0.5) is 0 Å². The largest absolute Gasteiger partial charge is 0.374 e. The summed E-state index contributed by atoms with van der Waals surface area (Å²) in [5.41, 5.74) is 0.961. The van der Waals surface area contributed by atoms with Crippen LogP contribution in [-0.2, 0) is 9.53 Å². The molecule has 1 unspecified atom stereocenters. The molecule has 2 heterocycles. The fourth-order valence-electron chi connectivity index (χ4n) is 8.59. The second-order valence-electron chi connectivity index (χ2n) is 10.4. The Morgan fingerprint density at radius 3 is 2.56 bits per heavy atom. The maximum atomic E-state index is 12.3. The zero-order chi connectivity index (χ0) is 17.4. The van der Waals surface area contributed by atoms with Crippen LogP contribution >= 0.6 is 0 Å². The number of rotatable bonds is 0. The van der Waals surface area contributed by atoms with Crippen LogP contribution in [0, 0.1) is 28.6 Å². The van der Waals surface area contributed by atoms with Crippen molar-refractivity contribution >= 4 is 5.91 Å². The van der Waals surface area contributed by atoms with Crippen LogP contribution in [0.1, 0.15) is 78.1 Å². The van der Waals surface area contributed by atoms with Crippen molar-refractivity contribution in [2.75, 3.05) is 13.7 Å². The fraction of sp³-hybridized carbons (Fsp3) is 0.955. The summed E-state index contributed by atoms with van der Waals surface area (Å²) in [6.07, 6.45) is 12.4. The van der Waals surface area contributed by atoms with Crippen molar-refractivity contribution in [3.8, 4) is 0 Å². The first kappa shape index (κ1) is 16.6. The average molecular weight is 346 g/mol. The van der Waals surface area contributed by atoms with Crippen LogP contribution in [0.5, 0.6) is 0 Å². The van der Waals surface area contributed by atoms with Crippen molar-refractivity contribution in [1.82, 2.24) is 4.90 Å². The first-order valence-electron chi connectivity index (χ1n) is 10.8. The molecule has 5 aliphatic rings. The van der Waals surface area contributed by atoms with E-state index in [1.807, 2.05) is 0 Å². The van der Waals surface area contributed by atoms with Gasteiger partial charge in [-0.25, -0.2) is 0 Å². The van der Waals surface area contributed by atoms with E-state index in [4.69, 9.17) is 4.74 Å². The van der Waals surface area contributed by atoms with Crippen LogP contribution in [0.2, 0.25) is 0 Å². The van der Waals surface area contributed by atoms with Crippen LogP contribution in [0.25, 0.3) is 0 Å². The van der Waals surface area contributed by atoms with Crippen molar-refractivity contribution in [3.05, 3.63) is 0 Å². The van der Waals surface area contributed by atoms with Gasteiger partial charge in [-0.3, -0.25) is 4.79 Å². The zero-order valence-corrected chi connectivity index (χ0v) is 16.4. The minimum Gasteiger partial charge on any atom is -0.374 e. The number of likely N-dealkylation sites (tertiary alicyclic amines) is 1. The molecule has 2 aliphatic heterocycles. The molecule has 5 rings (SSSR count). The highest BCUT2D eigenvalue weighted by atomic mass is 16.5. The molecule has 2 saturated heterocycles. The number of fused-ring (bicyclic) bond motifs is 6. The smallest absolute Gasteiger partial charge is 0.222 e. The predicted molar refractivity (Wildman–Crippen MR) is 98.1 cm³/mol. The third-order valence-corrected chi connectivity index (χ3v) is 9.95. The second-order valence-corrected chi connectivity index (χ2v) is 10.4. The summed E-state index contributed by atoms with van der Waals surface area (Å²) in [6.45, 7) is 6.09. The Morgan fingerprint density at radius 2 is 1.80 bits per heavy atom. The molecular formula is C22H35NO2. The lowest BCUT2D eigenvalue weighted by Crippen LogP contribution is -2.62. The minimum absolute atomic E-state index is 0.208. The van der Waals surface area contributed by atoms with Crippen LogP contribution in [0.15, 0.2) is 0 Å². The van der Waals surface area contributed by atoms with Gasteiger partial charge in [-0.15, -0.1) is 0 Å². The molecule has 1 spiro atoms. The number of hydrogen-bond donors (Lipinski definition) is 0. The lowest BCUT2D eigenvalue weighted by molar-refractivity contribution is -0.170. The zero-order valence-electron chi connectivity index (χ0n) is 16.4. The predicted octanol–water partition coefficient (Wildman–Crippen LogP) is 4.40. The number of carbonyl (C=O) groups excluding carboxylic acids is 1. The Bertz CT molecular complexity index is 583. The van der Waals surface area contributed by atoms with Gasteiger partial charge in [0.25, 0.3) is 0 Å². The molecule has 0 N–H and O–H groups in total. The Hall–Kier alpha value is -0.570. The van der Waals surface area contributed by atoms with Crippen LogP contribution in [0.3, 0.4) is 0 Å². The molecule has 3 saturated carbocycles. The van der Waals surface area contributed by atoms with E-state index in [2.05, 4.69) is 25.8 Å². The molecule has 3 heteroatoms. The van der Waals surface area contributed by atoms with Crippen molar-refractivity contribution in [1.29, 1.82) is 0 Å². The molecule has 5 fully saturated rings. The highest BCUT2D eigenvalue weighted by Crippen LogP contribution is 2.69. The summed E-state index contributed by atoms with van der Waals surface area (Å²) >= 11 is 0. The maximum absolute atomic E-state index is 12.3. The third-order valence-electron chi connectivity index (χ3n) is 9.95. The summed E-state index contributed by atoms with van der Waals surface area (Å²) < 4.78 is 6.46. The third kappa shape index (κ3) is 1.94. The van der Waals surface area contributed by atoms with E-state index < -0.39 is 0 Å². The maximum Gasteiger partial charge on any atom is 0.222 e. The summed E-state index contributed by atoms with van der Waals surface area (Å²) in [6, 6.07) is 0.484. The number of amides is 1. The van der Waals surface area contributed by atoms with E-state index in [0.29, 0.717) is 22.8 Å². The topological polar surface area (TPSA) is 29.5 Å². The van der Waals surface area contributed by atoms with E-state index in [1.54, 1.807) is 0 Å². The molecule has 3 aliphatic carbocycles. The van der Waals surface area contributed by atoms with Gasteiger partial charge in [-0.1, -0.05) is 13.8 Å². The van der Waals surface area contributed by atoms with Gasteiger partial charge in [0.15, 0.2) is 0 Å². The number of hydrogen-bond acceptors (Lipinski definition) is 2. The standard InChI is InChI=1S/C22H35NO2/c1-20-11-9-19(24)23(3)18(20)6-5-15-16(20)7-12-21(2)17(15)8-13-22(21)10-4-14-25-22/h15-18H,4-14H2,1-3H3/t15-,16+,17+,18?,20-,21+,22+/m1/s1. The molecule has 0 aromatic carbocycles. The summed E-state index contributed by atoms with van der Waals surface area (Å²) in [5.74, 6) is 2.91. The monoisotopic (exact) mass is 345 g/mol.